The molecule has 1 aromatic rings. The molecule has 1 unspecified atom stereocenters. The molecular formula is C13H15F3O2. The van der Waals surface area contributed by atoms with Crippen LogP contribution in [-0.4, -0.2) is 18.5 Å². The zero-order valence-electron chi connectivity index (χ0n) is 10.5. The van der Waals surface area contributed by atoms with E-state index in [2.05, 4.69) is 0 Å². The third-order valence-corrected chi connectivity index (χ3v) is 3.06. The lowest BCUT2D eigenvalue weighted by molar-refractivity contribution is -0.137. The topological polar surface area (TPSA) is 26.3 Å². The van der Waals surface area contributed by atoms with Gasteiger partial charge in [-0.1, -0.05) is 19.1 Å². The number of hydrogen-bond acceptors (Lipinski definition) is 2. The fraction of sp³-hybridized carbons (Fsp3) is 0.462. The highest BCUT2D eigenvalue weighted by atomic mass is 19.4. The number of alkyl halides is 3. The molecule has 1 atom stereocenters. The Kier molecular flexibility index (Phi) is 4.16. The second-order valence-corrected chi connectivity index (χ2v) is 4.20. The number of carbonyl (C=O) groups excluding carboxylic acids is 1. The minimum atomic E-state index is -4.45. The maximum atomic E-state index is 12.5. The molecule has 0 bridgehead atoms. The molecule has 0 aliphatic rings. The number of benzene rings is 1. The maximum Gasteiger partial charge on any atom is 0.416 e. The average Bonchev–Trinajstić information content (AvgIpc) is 2.36. The van der Waals surface area contributed by atoms with Crippen molar-refractivity contribution in [1.82, 2.24) is 0 Å². The van der Waals surface area contributed by atoms with E-state index in [4.69, 9.17) is 4.74 Å². The van der Waals surface area contributed by atoms with Crippen molar-refractivity contribution in [2.75, 3.05) is 7.11 Å². The van der Waals surface area contributed by atoms with E-state index < -0.39 is 23.1 Å². The Hall–Kier alpha value is -1.36. The van der Waals surface area contributed by atoms with Gasteiger partial charge in [0, 0.05) is 12.7 Å². The van der Waals surface area contributed by atoms with Crippen LogP contribution >= 0.6 is 0 Å². The molecule has 0 fully saturated rings. The van der Waals surface area contributed by atoms with Gasteiger partial charge in [0.1, 0.15) is 5.60 Å². The first-order valence-electron chi connectivity index (χ1n) is 5.52. The molecule has 2 nitrogen and oxygen atoms in total. The predicted molar refractivity (Wildman–Crippen MR) is 61.5 cm³/mol. The summed E-state index contributed by atoms with van der Waals surface area (Å²) in [5.74, 6) is -0.446. The maximum absolute atomic E-state index is 12.5. The van der Waals surface area contributed by atoms with Crippen LogP contribution in [0.25, 0.3) is 0 Å². The van der Waals surface area contributed by atoms with E-state index in [1.54, 1.807) is 13.8 Å². The largest absolute Gasteiger partial charge is 0.416 e. The number of ether oxygens (including phenoxy) is 1. The van der Waals surface area contributed by atoms with Gasteiger partial charge in [-0.3, -0.25) is 4.79 Å². The molecule has 0 amide bonds. The highest BCUT2D eigenvalue weighted by Gasteiger charge is 2.35. The zero-order valence-corrected chi connectivity index (χ0v) is 10.5. The highest BCUT2D eigenvalue weighted by Crippen LogP contribution is 2.30. The lowest BCUT2D eigenvalue weighted by Gasteiger charge is -2.25. The van der Waals surface area contributed by atoms with Crippen LogP contribution in [0, 0.1) is 0 Å². The first kappa shape index (κ1) is 14.7. The van der Waals surface area contributed by atoms with Crippen LogP contribution < -0.4 is 0 Å². The molecule has 0 saturated carbocycles. The number of rotatable bonds is 4. The SMILES string of the molecule is CCC(C)(OC)C(=O)c1cccc(C(F)(F)F)c1. The summed E-state index contributed by atoms with van der Waals surface area (Å²) in [6.07, 6.45) is -4.06. The molecular weight excluding hydrogens is 245 g/mol. The Morgan fingerprint density at radius 1 is 1.33 bits per heavy atom. The summed E-state index contributed by atoms with van der Waals surface area (Å²) >= 11 is 0. The first-order valence-corrected chi connectivity index (χ1v) is 5.52. The zero-order chi connectivity index (χ0) is 14.0. The van der Waals surface area contributed by atoms with E-state index in [9.17, 15) is 18.0 Å². The number of carbonyl (C=O) groups is 1. The van der Waals surface area contributed by atoms with E-state index in [1.807, 2.05) is 0 Å². The van der Waals surface area contributed by atoms with Gasteiger partial charge in [0.2, 0.25) is 0 Å². The van der Waals surface area contributed by atoms with Crippen molar-refractivity contribution < 1.29 is 22.7 Å². The van der Waals surface area contributed by atoms with Crippen LogP contribution in [0.1, 0.15) is 36.2 Å². The lowest BCUT2D eigenvalue weighted by atomic mass is 9.91. The van der Waals surface area contributed by atoms with Gasteiger partial charge in [-0.2, -0.15) is 13.2 Å². The van der Waals surface area contributed by atoms with Gasteiger partial charge in [-0.15, -0.1) is 0 Å². The summed E-state index contributed by atoms with van der Waals surface area (Å²) in [4.78, 5) is 12.1. The minimum Gasteiger partial charge on any atom is -0.370 e. The third-order valence-electron chi connectivity index (χ3n) is 3.06. The van der Waals surface area contributed by atoms with Crippen LogP contribution in [0.3, 0.4) is 0 Å². The van der Waals surface area contributed by atoms with E-state index in [1.165, 1.54) is 19.2 Å². The summed E-state index contributed by atoms with van der Waals surface area (Å²) in [5, 5.41) is 0. The van der Waals surface area contributed by atoms with Gasteiger partial charge in [-0.25, -0.2) is 0 Å². The predicted octanol–water partition coefficient (Wildman–Crippen LogP) is 3.70. The van der Waals surface area contributed by atoms with Gasteiger partial charge in [0.25, 0.3) is 0 Å². The van der Waals surface area contributed by atoms with Crippen LogP contribution in [0.15, 0.2) is 24.3 Å². The van der Waals surface area contributed by atoms with Crippen LogP contribution in [0.2, 0.25) is 0 Å². The lowest BCUT2D eigenvalue weighted by Crippen LogP contribution is -2.36. The molecule has 100 valence electrons. The van der Waals surface area contributed by atoms with Crippen LogP contribution in [0.5, 0.6) is 0 Å². The number of halogens is 3. The standard InChI is InChI=1S/C13H15F3O2/c1-4-12(2,18-3)11(17)9-6-5-7-10(8-9)13(14,15)16/h5-8H,4H2,1-3H3. The minimum absolute atomic E-state index is 0.0102. The molecule has 1 aromatic carbocycles. The summed E-state index contributed by atoms with van der Waals surface area (Å²) in [7, 11) is 1.37. The molecule has 0 aliphatic carbocycles. The first-order chi connectivity index (χ1) is 8.24. The van der Waals surface area contributed by atoms with E-state index >= 15 is 0 Å². The molecule has 18 heavy (non-hydrogen) atoms. The molecule has 0 saturated heterocycles. The molecule has 0 aliphatic heterocycles. The quantitative estimate of drug-likeness (QED) is 0.771. The summed E-state index contributed by atoms with van der Waals surface area (Å²) < 4.78 is 42.7. The Bertz CT molecular complexity index is 434. The molecule has 0 spiro atoms. The van der Waals surface area contributed by atoms with Crippen molar-refractivity contribution in [3.05, 3.63) is 35.4 Å². The van der Waals surface area contributed by atoms with Crippen molar-refractivity contribution in [2.45, 2.75) is 32.0 Å². The Morgan fingerprint density at radius 2 is 1.94 bits per heavy atom. The monoisotopic (exact) mass is 260 g/mol. The Labute approximate surface area is 104 Å². The van der Waals surface area contributed by atoms with Crippen molar-refractivity contribution in [2.24, 2.45) is 0 Å². The average molecular weight is 260 g/mol. The highest BCUT2D eigenvalue weighted by molar-refractivity contribution is 6.02. The number of methoxy groups -OCH3 is 1. The van der Waals surface area contributed by atoms with Crippen molar-refractivity contribution >= 4 is 5.78 Å². The molecule has 0 radical (unpaired) electrons. The summed E-state index contributed by atoms with van der Waals surface area (Å²) in [5.41, 5.74) is -1.91. The second kappa shape index (κ2) is 5.10. The smallest absolute Gasteiger partial charge is 0.370 e. The molecule has 5 heteroatoms. The van der Waals surface area contributed by atoms with Gasteiger partial charge >= 0.3 is 6.18 Å². The summed E-state index contributed by atoms with van der Waals surface area (Å²) in [6, 6.07) is 4.38. The van der Waals surface area contributed by atoms with E-state index in [0.29, 0.717) is 6.42 Å². The van der Waals surface area contributed by atoms with Gasteiger partial charge in [0.15, 0.2) is 5.78 Å². The molecule has 0 aromatic heterocycles. The molecule has 0 heterocycles. The van der Waals surface area contributed by atoms with E-state index in [-0.39, 0.29) is 5.56 Å². The van der Waals surface area contributed by atoms with E-state index in [0.717, 1.165) is 12.1 Å². The number of ketones is 1. The van der Waals surface area contributed by atoms with Gasteiger partial charge < -0.3 is 4.74 Å². The third kappa shape index (κ3) is 2.90. The van der Waals surface area contributed by atoms with Crippen molar-refractivity contribution in [1.29, 1.82) is 0 Å². The molecule has 0 N–H and O–H groups in total. The number of hydrogen-bond donors (Lipinski definition) is 0. The van der Waals surface area contributed by atoms with Crippen LogP contribution in [0.4, 0.5) is 13.2 Å². The fourth-order valence-corrected chi connectivity index (χ4v) is 1.54. The summed E-state index contributed by atoms with van der Waals surface area (Å²) in [6.45, 7) is 3.31. The fourth-order valence-electron chi connectivity index (χ4n) is 1.54. The van der Waals surface area contributed by atoms with Crippen molar-refractivity contribution in [3.8, 4) is 0 Å². The van der Waals surface area contributed by atoms with Crippen molar-refractivity contribution in [3.63, 3.8) is 0 Å². The normalized spacial score (nSPS) is 15.2. The van der Waals surface area contributed by atoms with Gasteiger partial charge in [0.05, 0.1) is 5.56 Å². The van der Waals surface area contributed by atoms with Crippen LogP contribution in [-0.2, 0) is 10.9 Å². The Balaban J connectivity index is 3.15. The molecule has 1 rings (SSSR count). The number of Topliss-reactive ketones (excluding diaryl/α,β-unsaturated/α-hetero) is 1. The van der Waals surface area contributed by atoms with Gasteiger partial charge in [-0.05, 0) is 25.5 Å². The Morgan fingerprint density at radius 3 is 2.39 bits per heavy atom. The second-order valence-electron chi connectivity index (χ2n) is 4.20.